The lowest BCUT2D eigenvalue weighted by atomic mass is 9.95. The van der Waals surface area contributed by atoms with Crippen molar-refractivity contribution in [3.05, 3.63) is 64.2 Å². The summed E-state index contributed by atoms with van der Waals surface area (Å²) in [6.45, 7) is 2.03. The minimum absolute atomic E-state index is 0.0498. The number of ketones is 1. The van der Waals surface area contributed by atoms with Gasteiger partial charge in [0, 0.05) is 23.6 Å². The number of benzene rings is 2. The van der Waals surface area contributed by atoms with Crippen LogP contribution in [0.5, 0.6) is 11.5 Å². The van der Waals surface area contributed by atoms with Gasteiger partial charge in [-0.1, -0.05) is 35.6 Å². The number of amides is 1. The third kappa shape index (κ3) is 4.31. The largest absolute Gasteiger partial charge is 0.872 e. The standard InChI is InChI=1S/C24H25ClN2O5/c1-26(2)10-3-11-27-21(15-4-7-17(25)8-5-15)20(23(29)24(27)30)22(28)16-6-9-18-19(14-16)32-13-12-31-18/h4-9,14,21,28H,3,10-13H2,1-2H3/b22-20+. The summed E-state index contributed by atoms with van der Waals surface area (Å²) < 4.78 is 11.1. The number of hydrogen-bond donors (Lipinski definition) is 1. The number of rotatable bonds is 6. The van der Waals surface area contributed by atoms with Crippen LogP contribution < -0.4 is 19.5 Å². The Kier molecular flexibility index (Phi) is 6.39. The van der Waals surface area contributed by atoms with Gasteiger partial charge in [0.15, 0.2) is 11.5 Å². The van der Waals surface area contributed by atoms with Gasteiger partial charge < -0.3 is 24.4 Å². The van der Waals surface area contributed by atoms with E-state index in [4.69, 9.17) is 21.1 Å². The van der Waals surface area contributed by atoms with Crippen LogP contribution in [0.15, 0.2) is 48.0 Å². The minimum atomic E-state index is -0.762. The predicted molar refractivity (Wildman–Crippen MR) is 118 cm³/mol. The number of hydrogen-bond acceptors (Lipinski definition) is 5. The van der Waals surface area contributed by atoms with Crippen molar-refractivity contribution in [2.24, 2.45) is 0 Å². The summed E-state index contributed by atoms with van der Waals surface area (Å²) in [5, 5.41) is 14.0. The molecule has 1 atom stereocenters. The Hall–Kier alpha value is -3.03. The summed E-state index contributed by atoms with van der Waals surface area (Å²) in [5.41, 5.74) is 0.904. The number of likely N-dealkylation sites (tertiary alicyclic amines) is 1. The molecule has 2 aromatic rings. The minimum Gasteiger partial charge on any atom is -0.872 e. The number of halogens is 1. The van der Waals surface area contributed by atoms with Crippen LogP contribution >= 0.6 is 11.6 Å². The van der Waals surface area contributed by atoms with E-state index in [1.807, 2.05) is 14.1 Å². The van der Waals surface area contributed by atoms with Gasteiger partial charge in [0.1, 0.15) is 13.2 Å². The van der Waals surface area contributed by atoms with E-state index in [1.54, 1.807) is 42.5 Å². The summed E-state index contributed by atoms with van der Waals surface area (Å²) >= 11 is 6.04. The van der Waals surface area contributed by atoms with E-state index in [-0.39, 0.29) is 11.1 Å². The first-order valence-electron chi connectivity index (χ1n) is 10.6. The molecule has 0 aliphatic carbocycles. The van der Waals surface area contributed by atoms with Crippen molar-refractivity contribution in [3.63, 3.8) is 0 Å². The quantitative estimate of drug-likeness (QED) is 0.396. The number of nitrogens with zero attached hydrogens (tertiary/aromatic N) is 1. The molecule has 1 unspecified atom stereocenters. The van der Waals surface area contributed by atoms with Crippen molar-refractivity contribution >= 4 is 29.1 Å². The van der Waals surface area contributed by atoms with Gasteiger partial charge in [0.2, 0.25) is 5.78 Å². The molecule has 2 aromatic carbocycles. The van der Waals surface area contributed by atoms with Gasteiger partial charge in [-0.15, -0.1) is 0 Å². The molecule has 0 aromatic heterocycles. The molecule has 0 radical (unpaired) electrons. The molecule has 7 nitrogen and oxygen atoms in total. The van der Waals surface area contributed by atoms with E-state index in [2.05, 4.69) is 0 Å². The van der Waals surface area contributed by atoms with Crippen LogP contribution in [0.1, 0.15) is 23.6 Å². The molecule has 0 bridgehead atoms. The monoisotopic (exact) mass is 456 g/mol. The molecule has 0 saturated carbocycles. The zero-order valence-corrected chi connectivity index (χ0v) is 18.8. The lowest BCUT2D eigenvalue weighted by molar-refractivity contribution is -0.858. The number of carbonyl (C=O) groups is 2. The number of nitrogens with one attached hydrogen (secondary N) is 1. The summed E-state index contributed by atoms with van der Waals surface area (Å²) in [6, 6.07) is 10.9. The van der Waals surface area contributed by atoms with Crippen molar-refractivity contribution in [1.82, 2.24) is 4.90 Å². The summed E-state index contributed by atoms with van der Waals surface area (Å²) in [5.74, 6) is -0.898. The number of carbonyl (C=O) groups excluding carboxylic acids is 2. The van der Waals surface area contributed by atoms with E-state index >= 15 is 0 Å². The lowest BCUT2D eigenvalue weighted by Gasteiger charge is -2.28. The first-order chi connectivity index (χ1) is 15.4. The topological polar surface area (TPSA) is 83.3 Å². The molecule has 1 saturated heterocycles. The average Bonchev–Trinajstić information content (AvgIpc) is 3.03. The van der Waals surface area contributed by atoms with E-state index in [9.17, 15) is 14.7 Å². The van der Waals surface area contributed by atoms with Crippen LogP contribution in [0.25, 0.3) is 5.76 Å². The summed E-state index contributed by atoms with van der Waals surface area (Å²) in [6.07, 6.45) is 0.705. The van der Waals surface area contributed by atoms with Crippen LogP contribution in [0.4, 0.5) is 0 Å². The predicted octanol–water partition coefficient (Wildman–Crippen LogP) is 0.870. The SMILES string of the molecule is C[NH+](C)CCCN1C(=O)C(=O)/C(=C(/[O-])c2ccc3c(c2)OCCO3)C1c1ccc(Cl)cc1. The first-order valence-corrected chi connectivity index (χ1v) is 11.0. The Morgan fingerprint density at radius 1 is 1.09 bits per heavy atom. The van der Waals surface area contributed by atoms with E-state index in [0.29, 0.717) is 48.3 Å². The molecule has 2 heterocycles. The normalized spacial score (nSPS) is 19.6. The second-order valence-corrected chi connectivity index (χ2v) is 8.63. The highest BCUT2D eigenvalue weighted by Crippen LogP contribution is 2.40. The van der Waals surface area contributed by atoms with Crippen LogP contribution in [0.3, 0.4) is 0 Å². The molecule has 168 valence electrons. The Labute approximate surface area is 191 Å². The van der Waals surface area contributed by atoms with Crippen molar-refractivity contribution in [2.75, 3.05) is 40.4 Å². The number of ether oxygens (including phenoxy) is 2. The van der Waals surface area contributed by atoms with Gasteiger partial charge in [0.25, 0.3) is 5.91 Å². The molecule has 1 N–H and O–H groups in total. The van der Waals surface area contributed by atoms with Gasteiger partial charge in [0.05, 0.1) is 26.7 Å². The average molecular weight is 457 g/mol. The maximum atomic E-state index is 13.5. The highest BCUT2D eigenvalue weighted by Gasteiger charge is 2.44. The van der Waals surface area contributed by atoms with Crippen LogP contribution in [-0.4, -0.2) is 57.0 Å². The molecule has 1 fully saturated rings. The maximum absolute atomic E-state index is 13.5. The smallest absolute Gasteiger partial charge is 0.295 e. The molecule has 8 heteroatoms. The fourth-order valence-corrected chi connectivity index (χ4v) is 4.16. The third-order valence-electron chi connectivity index (χ3n) is 5.60. The fourth-order valence-electron chi connectivity index (χ4n) is 4.04. The second-order valence-electron chi connectivity index (χ2n) is 8.19. The molecule has 1 amide bonds. The van der Waals surface area contributed by atoms with Gasteiger partial charge in [-0.2, -0.15) is 0 Å². The fraction of sp³-hybridized carbons (Fsp3) is 0.333. The number of Topliss-reactive ketones (excluding diaryl/α,β-unsaturated/α-hetero) is 1. The molecule has 2 aliphatic rings. The number of quaternary nitrogens is 1. The third-order valence-corrected chi connectivity index (χ3v) is 5.85. The zero-order valence-electron chi connectivity index (χ0n) is 18.0. The number of fused-ring (bicyclic) bond motifs is 1. The first kappa shape index (κ1) is 22.2. The zero-order chi connectivity index (χ0) is 22.8. The summed E-state index contributed by atoms with van der Waals surface area (Å²) in [4.78, 5) is 28.7. The maximum Gasteiger partial charge on any atom is 0.295 e. The van der Waals surface area contributed by atoms with E-state index in [1.165, 1.54) is 9.80 Å². The van der Waals surface area contributed by atoms with Gasteiger partial charge in [-0.05, 0) is 35.4 Å². The van der Waals surface area contributed by atoms with E-state index < -0.39 is 23.5 Å². The molecule has 2 aliphatic heterocycles. The van der Waals surface area contributed by atoms with E-state index in [0.717, 1.165) is 6.54 Å². The molecule has 32 heavy (non-hydrogen) atoms. The van der Waals surface area contributed by atoms with Crippen LogP contribution in [0.2, 0.25) is 5.02 Å². The van der Waals surface area contributed by atoms with Gasteiger partial charge in [-0.3, -0.25) is 9.59 Å². The summed E-state index contributed by atoms with van der Waals surface area (Å²) in [7, 11) is 4.05. The lowest BCUT2D eigenvalue weighted by Crippen LogP contribution is -3.05. The van der Waals surface area contributed by atoms with Crippen LogP contribution in [-0.2, 0) is 9.59 Å². The van der Waals surface area contributed by atoms with Crippen molar-refractivity contribution in [1.29, 1.82) is 0 Å². The second kappa shape index (κ2) is 9.22. The Balaban J connectivity index is 1.77. The molecular formula is C24H25ClN2O5. The van der Waals surface area contributed by atoms with Crippen molar-refractivity contribution in [2.45, 2.75) is 12.5 Å². The van der Waals surface area contributed by atoms with Crippen molar-refractivity contribution in [3.8, 4) is 11.5 Å². The van der Waals surface area contributed by atoms with Crippen molar-refractivity contribution < 1.29 is 29.1 Å². The Morgan fingerprint density at radius 3 is 2.47 bits per heavy atom. The highest BCUT2D eigenvalue weighted by molar-refractivity contribution is 6.46. The van der Waals surface area contributed by atoms with Crippen LogP contribution in [0, 0.1) is 0 Å². The molecule has 0 spiro atoms. The highest BCUT2D eigenvalue weighted by atomic mass is 35.5. The molecular weight excluding hydrogens is 432 g/mol. The van der Waals surface area contributed by atoms with Gasteiger partial charge >= 0.3 is 0 Å². The Morgan fingerprint density at radius 2 is 1.78 bits per heavy atom. The Bertz CT molecular complexity index is 1060. The molecule has 4 rings (SSSR count). The van der Waals surface area contributed by atoms with Gasteiger partial charge in [-0.25, -0.2) is 0 Å².